The Bertz CT molecular complexity index is 657. The Labute approximate surface area is 127 Å². The Morgan fingerprint density at radius 1 is 1.41 bits per heavy atom. The average Bonchev–Trinajstić information content (AvgIpc) is 3.08. The van der Waals surface area contributed by atoms with Gasteiger partial charge in [-0.1, -0.05) is 5.16 Å². The maximum absolute atomic E-state index is 12.8. The molecule has 0 spiro atoms. The van der Waals surface area contributed by atoms with Crippen LogP contribution in [0.25, 0.3) is 0 Å². The molecule has 0 bridgehead atoms. The Kier molecular flexibility index (Phi) is 3.99. The van der Waals surface area contributed by atoms with Crippen molar-refractivity contribution in [1.29, 1.82) is 0 Å². The van der Waals surface area contributed by atoms with E-state index < -0.39 is 0 Å². The summed E-state index contributed by atoms with van der Waals surface area (Å²) in [5, 5.41) is 6.76. The van der Waals surface area contributed by atoms with E-state index in [0.717, 1.165) is 25.0 Å². The summed E-state index contributed by atoms with van der Waals surface area (Å²) < 4.78 is 4.82. The van der Waals surface area contributed by atoms with Crippen molar-refractivity contribution < 1.29 is 9.32 Å². The number of hydrogen-bond acceptors (Lipinski definition) is 7. The van der Waals surface area contributed by atoms with Gasteiger partial charge in [0.2, 0.25) is 12.3 Å². The van der Waals surface area contributed by atoms with Crippen LogP contribution in [0.3, 0.4) is 0 Å². The highest BCUT2D eigenvalue weighted by molar-refractivity contribution is 5.93. The highest BCUT2D eigenvalue weighted by Crippen LogP contribution is 2.30. The summed E-state index contributed by atoms with van der Waals surface area (Å²) in [7, 11) is 1.73. The first-order chi connectivity index (χ1) is 10.7. The molecule has 8 nitrogen and oxygen atoms in total. The molecular formula is C14H18N6O2. The fourth-order valence-electron chi connectivity index (χ4n) is 2.71. The van der Waals surface area contributed by atoms with Crippen LogP contribution < -0.4 is 5.32 Å². The number of hydrogen-bond donors (Lipinski definition) is 1. The van der Waals surface area contributed by atoms with Crippen molar-refractivity contribution in [1.82, 2.24) is 25.0 Å². The average molecular weight is 302 g/mol. The predicted molar refractivity (Wildman–Crippen MR) is 78.2 cm³/mol. The van der Waals surface area contributed by atoms with E-state index in [0.29, 0.717) is 24.0 Å². The summed E-state index contributed by atoms with van der Waals surface area (Å²) in [5.41, 5.74) is 1.13. The monoisotopic (exact) mass is 302 g/mol. The summed E-state index contributed by atoms with van der Waals surface area (Å²) in [6.07, 6.45) is 4.12. The van der Waals surface area contributed by atoms with Crippen LogP contribution in [0, 0.1) is 6.92 Å². The van der Waals surface area contributed by atoms with Crippen LogP contribution in [0.5, 0.6) is 0 Å². The second kappa shape index (κ2) is 6.08. The number of carbonyl (C=O) groups is 1. The lowest BCUT2D eigenvalue weighted by atomic mass is 10.0. The van der Waals surface area contributed by atoms with Crippen molar-refractivity contribution in [2.45, 2.75) is 32.2 Å². The van der Waals surface area contributed by atoms with Crippen molar-refractivity contribution in [3.05, 3.63) is 29.7 Å². The second-order valence-electron chi connectivity index (χ2n) is 5.27. The minimum atomic E-state index is -0.159. The molecule has 8 heteroatoms. The van der Waals surface area contributed by atoms with Crippen LogP contribution in [-0.2, 0) is 0 Å². The van der Waals surface area contributed by atoms with Gasteiger partial charge < -0.3 is 14.7 Å². The molecule has 3 heterocycles. The molecule has 0 saturated carbocycles. The first-order valence-corrected chi connectivity index (χ1v) is 7.29. The third-order valence-corrected chi connectivity index (χ3v) is 3.74. The Morgan fingerprint density at radius 2 is 2.27 bits per heavy atom. The number of rotatable bonds is 3. The predicted octanol–water partition coefficient (Wildman–Crippen LogP) is 1.58. The maximum atomic E-state index is 12.8. The van der Waals surface area contributed by atoms with Crippen LogP contribution in [-0.4, -0.2) is 44.5 Å². The van der Waals surface area contributed by atoms with Crippen LogP contribution in [0.15, 0.2) is 17.0 Å². The molecule has 116 valence electrons. The molecule has 2 aromatic heterocycles. The minimum absolute atomic E-state index is 0.128. The van der Waals surface area contributed by atoms with Crippen LogP contribution in [0.2, 0.25) is 0 Å². The zero-order valence-corrected chi connectivity index (χ0v) is 12.6. The van der Waals surface area contributed by atoms with E-state index in [9.17, 15) is 4.79 Å². The quantitative estimate of drug-likeness (QED) is 0.919. The smallest absolute Gasteiger partial charge is 0.273 e. The number of anilines is 1. The van der Waals surface area contributed by atoms with Crippen LogP contribution in [0.4, 0.5) is 5.95 Å². The molecule has 1 amide bonds. The fraction of sp³-hybridized carbons (Fsp3) is 0.500. The molecule has 1 saturated heterocycles. The number of amides is 1. The van der Waals surface area contributed by atoms with Gasteiger partial charge in [-0.25, -0.2) is 9.97 Å². The number of piperidine rings is 1. The lowest BCUT2D eigenvalue weighted by Gasteiger charge is -2.33. The molecule has 1 atom stereocenters. The number of nitrogens with one attached hydrogen (secondary N) is 1. The van der Waals surface area contributed by atoms with Crippen LogP contribution >= 0.6 is 0 Å². The SMILES string of the molecule is CNc1nc(C)cc(C(=O)N2CCCCC2c2ncon2)n1. The van der Waals surface area contributed by atoms with E-state index in [1.165, 1.54) is 6.39 Å². The Balaban J connectivity index is 1.90. The third-order valence-electron chi connectivity index (χ3n) is 3.74. The highest BCUT2D eigenvalue weighted by atomic mass is 16.5. The van der Waals surface area contributed by atoms with E-state index in [-0.39, 0.29) is 11.9 Å². The van der Waals surface area contributed by atoms with Gasteiger partial charge in [0.25, 0.3) is 5.91 Å². The van der Waals surface area contributed by atoms with Gasteiger partial charge in [-0.05, 0) is 32.3 Å². The van der Waals surface area contributed by atoms with Gasteiger partial charge in [-0.3, -0.25) is 4.79 Å². The van der Waals surface area contributed by atoms with Gasteiger partial charge in [0.15, 0.2) is 5.82 Å². The molecule has 1 aliphatic rings. The molecule has 3 rings (SSSR count). The minimum Gasteiger partial charge on any atom is -0.357 e. The number of nitrogens with zero attached hydrogens (tertiary/aromatic N) is 5. The van der Waals surface area contributed by atoms with Gasteiger partial charge in [-0.2, -0.15) is 4.98 Å². The maximum Gasteiger partial charge on any atom is 0.273 e. The number of carbonyl (C=O) groups excluding carboxylic acids is 1. The molecule has 1 unspecified atom stereocenters. The summed E-state index contributed by atoms with van der Waals surface area (Å²) in [4.78, 5) is 27.2. The summed E-state index contributed by atoms with van der Waals surface area (Å²) in [6, 6.07) is 1.54. The van der Waals surface area contributed by atoms with Gasteiger partial charge in [-0.15, -0.1) is 0 Å². The standard InChI is InChI=1S/C14H18N6O2/c1-9-7-10(18-14(15-2)17-9)13(21)20-6-4-3-5-11(20)12-16-8-22-19-12/h7-8,11H,3-6H2,1-2H3,(H,15,17,18). The zero-order valence-electron chi connectivity index (χ0n) is 12.6. The van der Waals surface area contributed by atoms with E-state index in [1.807, 2.05) is 6.92 Å². The summed E-state index contributed by atoms with van der Waals surface area (Å²) in [6.45, 7) is 2.50. The fourth-order valence-corrected chi connectivity index (χ4v) is 2.71. The van der Waals surface area contributed by atoms with E-state index in [2.05, 4.69) is 25.4 Å². The van der Waals surface area contributed by atoms with Gasteiger partial charge in [0.05, 0.1) is 6.04 Å². The topological polar surface area (TPSA) is 97.0 Å². The van der Waals surface area contributed by atoms with E-state index >= 15 is 0 Å². The van der Waals surface area contributed by atoms with E-state index in [1.54, 1.807) is 18.0 Å². The first kappa shape index (κ1) is 14.4. The van der Waals surface area contributed by atoms with Crippen molar-refractivity contribution in [3.63, 3.8) is 0 Å². The molecule has 0 aromatic carbocycles. The molecular weight excluding hydrogens is 284 g/mol. The number of likely N-dealkylation sites (tertiary alicyclic amines) is 1. The largest absolute Gasteiger partial charge is 0.357 e. The summed E-state index contributed by atoms with van der Waals surface area (Å²) >= 11 is 0. The lowest BCUT2D eigenvalue weighted by Crippen LogP contribution is -2.39. The van der Waals surface area contributed by atoms with Crippen molar-refractivity contribution in [2.24, 2.45) is 0 Å². The molecule has 1 aliphatic heterocycles. The highest BCUT2D eigenvalue weighted by Gasteiger charge is 2.32. The lowest BCUT2D eigenvalue weighted by molar-refractivity contribution is 0.0590. The Morgan fingerprint density at radius 3 is 3.00 bits per heavy atom. The number of aromatic nitrogens is 4. The molecule has 2 aromatic rings. The molecule has 1 N–H and O–H groups in total. The van der Waals surface area contributed by atoms with Gasteiger partial charge >= 0.3 is 0 Å². The second-order valence-corrected chi connectivity index (χ2v) is 5.27. The normalized spacial score (nSPS) is 18.3. The zero-order chi connectivity index (χ0) is 15.5. The Hall–Kier alpha value is -2.51. The van der Waals surface area contributed by atoms with Gasteiger partial charge in [0, 0.05) is 19.3 Å². The van der Waals surface area contributed by atoms with Crippen molar-refractivity contribution >= 4 is 11.9 Å². The molecule has 22 heavy (non-hydrogen) atoms. The molecule has 1 fully saturated rings. The number of aryl methyl sites for hydroxylation is 1. The van der Waals surface area contributed by atoms with Crippen molar-refractivity contribution in [2.75, 3.05) is 18.9 Å². The van der Waals surface area contributed by atoms with Crippen molar-refractivity contribution in [3.8, 4) is 0 Å². The first-order valence-electron chi connectivity index (χ1n) is 7.29. The van der Waals surface area contributed by atoms with E-state index in [4.69, 9.17) is 4.52 Å². The molecule has 0 radical (unpaired) electrons. The third kappa shape index (κ3) is 2.76. The van der Waals surface area contributed by atoms with Crippen LogP contribution in [0.1, 0.15) is 47.3 Å². The van der Waals surface area contributed by atoms with Gasteiger partial charge in [0.1, 0.15) is 5.69 Å². The summed E-state index contributed by atoms with van der Waals surface area (Å²) in [5.74, 6) is 0.862. The molecule has 0 aliphatic carbocycles.